The molecule has 0 bridgehead atoms. The Hall–Kier alpha value is -1.82. The van der Waals surface area contributed by atoms with E-state index in [0.717, 1.165) is 24.6 Å². The van der Waals surface area contributed by atoms with E-state index in [0.29, 0.717) is 17.9 Å². The molecule has 2 N–H and O–H groups in total. The third kappa shape index (κ3) is 4.24. The zero-order valence-corrected chi connectivity index (χ0v) is 15.1. The molecule has 2 heterocycles. The first-order valence-electron chi connectivity index (χ1n) is 9.52. The summed E-state index contributed by atoms with van der Waals surface area (Å²) in [6.07, 6.45) is 7.18. The van der Waals surface area contributed by atoms with Crippen LogP contribution in [0.15, 0.2) is 18.3 Å². The average molecular weight is 344 g/mol. The van der Waals surface area contributed by atoms with E-state index in [2.05, 4.69) is 34.4 Å². The molecule has 1 aliphatic heterocycles. The monoisotopic (exact) mass is 344 g/mol. The summed E-state index contributed by atoms with van der Waals surface area (Å²) in [7, 11) is 0. The molecule has 0 aromatic carbocycles. The number of aromatic nitrogens is 1. The maximum Gasteiger partial charge on any atom is 0.319 e. The maximum absolute atomic E-state index is 12.3. The van der Waals surface area contributed by atoms with Crippen LogP contribution in [0.5, 0.6) is 0 Å². The Morgan fingerprint density at radius 3 is 2.32 bits per heavy atom. The molecule has 3 fully saturated rings. The van der Waals surface area contributed by atoms with Crippen molar-refractivity contribution in [1.29, 1.82) is 0 Å². The Morgan fingerprint density at radius 2 is 1.80 bits per heavy atom. The van der Waals surface area contributed by atoms with Gasteiger partial charge in [0.1, 0.15) is 5.82 Å². The number of morpholine rings is 1. The Morgan fingerprint density at radius 1 is 1.16 bits per heavy atom. The molecule has 136 valence electrons. The van der Waals surface area contributed by atoms with Crippen LogP contribution in [0.4, 0.5) is 16.3 Å². The number of carbonyl (C=O) groups is 1. The van der Waals surface area contributed by atoms with E-state index in [1.54, 1.807) is 6.20 Å². The molecule has 3 aliphatic rings. The van der Waals surface area contributed by atoms with Crippen molar-refractivity contribution in [3.63, 3.8) is 0 Å². The van der Waals surface area contributed by atoms with Gasteiger partial charge in [0, 0.05) is 19.1 Å². The molecule has 0 radical (unpaired) electrons. The van der Waals surface area contributed by atoms with E-state index in [1.807, 2.05) is 12.1 Å². The number of ether oxygens (including phenoxy) is 1. The van der Waals surface area contributed by atoms with Crippen molar-refractivity contribution in [2.75, 3.05) is 23.3 Å². The molecular weight excluding hydrogens is 316 g/mol. The van der Waals surface area contributed by atoms with Gasteiger partial charge in [-0.1, -0.05) is 0 Å². The molecule has 25 heavy (non-hydrogen) atoms. The van der Waals surface area contributed by atoms with Gasteiger partial charge in [0.15, 0.2) is 0 Å². The number of anilines is 2. The van der Waals surface area contributed by atoms with Gasteiger partial charge in [-0.2, -0.15) is 0 Å². The summed E-state index contributed by atoms with van der Waals surface area (Å²) < 4.78 is 5.77. The third-order valence-electron chi connectivity index (χ3n) is 5.31. The van der Waals surface area contributed by atoms with Crippen molar-refractivity contribution in [2.24, 2.45) is 11.8 Å². The Balaban J connectivity index is 1.33. The topological polar surface area (TPSA) is 66.5 Å². The number of carbonyl (C=O) groups excluding carboxylic acids is 1. The molecule has 1 aromatic heterocycles. The van der Waals surface area contributed by atoms with E-state index < -0.39 is 0 Å². The molecule has 1 saturated heterocycles. The number of nitrogens with zero attached hydrogens (tertiary/aromatic N) is 2. The number of pyridine rings is 1. The van der Waals surface area contributed by atoms with Crippen LogP contribution in [0.2, 0.25) is 0 Å². The zero-order valence-electron chi connectivity index (χ0n) is 15.1. The van der Waals surface area contributed by atoms with E-state index in [4.69, 9.17) is 4.74 Å². The van der Waals surface area contributed by atoms with Crippen LogP contribution in [0, 0.1) is 11.8 Å². The van der Waals surface area contributed by atoms with Crippen molar-refractivity contribution < 1.29 is 9.53 Å². The van der Waals surface area contributed by atoms with E-state index in [-0.39, 0.29) is 18.2 Å². The van der Waals surface area contributed by atoms with Gasteiger partial charge in [-0.25, -0.2) is 9.78 Å². The standard InChI is InChI=1S/C19H28N4O2/c1-12-10-23(11-13(2)25-12)17-8-7-16(9-20-17)21-19(24)22-18(14-3-4-14)15-5-6-15/h7-9,12-15,18H,3-6,10-11H2,1-2H3,(H2,21,22,24). The van der Waals surface area contributed by atoms with Gasteiger partial charge in [0.05, 0.1) is 24.1 Å². The van der Waals surface area contributed by atoms with Crippen molar-refractivity contribution in [2.45, 2.75) is 57.8 Å². The second kappa shape index (κ2) is 6.83. The number of rotatable bonds is 5. The highest BCUT2D eigenvalue weighted by Gasteiger charge is 2.42. The SMILES string of the molecule is CC1CN(c2ccc(NC(=O)NC(C3CC3)C3CC3)cn2)CC(C)O1. The highest BCUT2D eigenvalue weighted by molar-refractivity contribution is 5.89. The van der Waals surface area contributed by atoms with Crippen LogP contribution >= 0.6 is 0 Å². The van der Waals surface area contributed by atoms with Crippen molar-refractivity contribution in [1.82, 2.24) is 10.3 Å². The lowest BCUT2D eigenvalue weighted by Gasteiger charge is -2.36. The number of amides is 2. The second-order valence-corrected chi connectivity index (χ2v) is 7.87. The van der Waals surface area contributed by atoms with E-state index in [1.165, 1.54) is 25.7 Å². The molecule has 4 rings (SSSR count). The molecule has 2 atom stereocenters. The third-order valence-corrected chi connectivity index (χ3v) is 5.31. The van der Waals surface area contributed by atoms with Crippen LogP contribution in [-0.2, 0) is 4.74 Å². The highest BCUT2D eigenvalue weighted by atomic mass is 16.5. The first-order chi connectivity index (χ1) is 12.1. The molecule has 6 heteroatoms. The van der Waals surface area contributed by atoms with Crippen molar-refractivity contribution in [3.8, 4) is 0 Å². The highest BCUT2D eigenvalue weighted by Crippen LogP contribution is 2.44. The molecule has 2 saturated carbocycles. The van der Waals surface area contributed by atoms with Crippen LogP contribution in [0.25, 0.3) is 0 Å². The van der Waals surface area contributed by atoms with Gasteiger partial charge >= 0.3 is 6.03 Å². The fourth-order valence-corrected chi connectivity index (χ4v) is 3.86. The van der Waals surface area contributed by atoms with Crippen LogP contribution in [0.1, 0.15) is 39.5 Å². The predicted octanol–water partition coefficient (Wildman–Crippen LogP) is 3.01. The lowest BCUT2D eigenvalue weighted by molar-refractivity contribution is -0.00545. The quantitative estimate of drug-likeness (QED) is 0.862. The fraction of sp³-hybridized carbons (Fsp3) is 0.684. The summed E-state index contributed by atoms with van der Waals surface area (Å²) in [5.41, 5.74) is 0.737. The van der Waals surface area contributed by atoms with Gasteiger partial charge < -0.3 is 20.3 Å². The number of nitrogens with one attached hydrogen (secondary N) is 2. The predicted molar refractivity (Wildman–Crippen MR) is 97.8 cm³/mol. The second-order valence-electron chi connectivity index (χ2n) is 7.87. The maximum atomic E-state index is 12.3. The van der Waals surface area contributed by atoms with Gasteiger partial charge in [0.2, 0.25) is 0 Å². The number of hydrogen-bond acceptors (Lipinski definition) is 4. The molecule has 0 spiro atoms. The van der Waals surface area contributed by atoms with Gasteiger partial charge in [-0.15, -0.1) is 0 Å². The van der Waals surface area contributed by atoms with E-state index in [9.17, 15) is 4.79 Å². The summed E-state index contributed by atoms with van der Waals surface area (Å²) in [5, 5.41) is 6.10. The number of hydrogen-bond donors (Lipinski definition) is 2. The fourth-order valence-electron chi connectivity index (χ4n) is 3.86. The minimum absolute atomic E-state index is 0.105. The Bertz CT molecular complexity index is 590. The summed E-state index contributed by atoms with van der Waals surface area (Å²) in [5.74, 6) is 2.33. The van der Waals surface area contributed by atoms with Crippen LogP contribution < -0.4 is 15.5 Å². The smallest absolute Gasteiger partial charge is 0.319 e. The Labute approximate surface area is 149 Å². The minimum atomic E-state index is -0.105. The first-order valence-corrected chi connectivity index (χ1v) is 9.52. The van der Waals surface area contributed by atoms with E-state index >= 15 is 0 Å². The lowest BCUT2D eigenvalue weighted by atomic mass is 10.1. The van der Waals surface area contributed by atoms with Crippen LogP contribution in [0.3, 0.4) is 0 Å². The summed E-state index contributed by atoms with van der Waals surface area (Å²) >= 11 is 0. The van der Waals surface area contributed by atoms with Gasteiger partial charge in [-0.3, -0.25) is 0 Å². The van der Waals surface area contributed by atoms with Crippen molar-refractivity contribution >= 4 is 17.5 Å². The van der Waals surface area contributed by atoms with Crippen LogP contribution in [-0.4, -0.2) is 42.4 Å². The molecule has 2 amide bonds. The average Bonchev–Trinajstić information content (AvgIpc) is 3.46. The number of urea groups is 1. The van der Waals surface area contributed by atoms with Gasteiger partial charge in [0.25, 0.3) is 0 Å². The molecule has 6 nitrogen and oxygen atoms in total. The Kier molecular flexibility index (Phi) is 4.54. The molecular formula is C19H28N4O2. The largest absolute Gasteiger partial charge is 0.372 e. The minimum Gasteiger partial charge on any atom is -0.372 e. The molecule has 1 aromatic rings. The molecule has 2 unspecified atom stereocenters. The lowest BCUT2D eigenvalue weighted by Crippen LogP contribution is -2.45. The first kappa shape index (κ1) is 16.6. The summed E-state index contributed by atoms with van der Waals surface area (Å²) in [6.45, 7) is 5.85. The summed E-state index contributed by atoms with van der Waals surface area (Å²) in [6, 6.07) is 4.16. The normalized spacial score (nSPS) is 26.6. The zero-order chi connectivity index (χ0) is 17.4. The summed E-state index contributed by atoms with van der Waals surface area (Å²) in [4.78, 5) is 19.0. The molecule has 2 aliphatic carbocycles. The van der Waals surface area contributed by atoms with Crippen molar-refractivity contribution in [3.05, 3.63) is 18.3 Å². The van der Waals surface area contributed by atoms with Gasteiger partial charge in [-0.05, 0) is 63.5 Å².